The third-order valence-corrected chi connectivity index (χ3v) is 6.22. The third kappa shape index (κ3) is 5.19. The van der Waals surface area contributed by atoms with E-state index in [1.54, 1.807) is 13.8 Å². The number of benzene rings is 2. The molecule has 2 aromatic carbocycles. The van der Waals surface area contributed by atoms with E-state index in [2.05, 4.69) is 11.7 Å². The Hall–Kier alpha value is -3.47. The minimum absolute atomic E-state index is 0.0496. The van der Waals surface area contributed by atoms with Gasteiger partial charge in [0.2, 0.25) is 0 Å². The number of ether oxygens (including phenoxy) is 1. The second-order valence-electron chi connectivity index (χ2n) is 7.60. The Labute approximate surface area is 193 Å². The molecule has 180 valence electrons. The number of halogens is 4. The molecule has 6 nitrogen and oxygen atoms in total. The Kier molecular flexibility index (Phi) is 6.70. The average molecular weight is 496 g/mol. The Morgan fingerprint density at radius 2 is 1.76 bits per heavy atom. The summed E-state index contributed by atoms with van der Waals surface area (Å²) < 4.78 is 86.6. The van der Waals surface area contributed by atoms with Gasteiger partial charge in [0.05, 0.1) is 11.3 Å². The van der Waals surface area contributed by atoms with Gasteiger partial charge in [-0.3, -0.25) is 4.79 Å². The summed E-state index contributed by atoms with van der Waals surface area (Å²) in [5.74, 6) is -1.17. The molecule has 0 radical (unpaired) electrons. The van der Waals surface area contributed by atoms with Crippen molar-refractivity contribution in [2.75, 3.05) is 0 Å². The van der Waals surface area contributed by atoms with Gasteiger partial charge >= 0.3 is 6.18 Å². The lowest BCUT2D eigenvalue weighted by atomic mass is 10.00. The molecule has 3 rings (SSSR count). The van der Waals surface area contributed by atoms with Gasteiger partial charge in [-0.2, -0.15) is 18.3 Å². The van der Waals surface area contributed by atoms with Crippen LogP contribution in [-0.4, -0.2) is 18.2 Å². The van der Waals surface area contributed by atoms with E-state index < -0.39 is 44.4 Å². The molecule has 0 atom stereocenters. The minimum Gasteiger partial charge on any atom is -0.456 e. The van der Waals surface area contributed by atoms with Gasteiger partial charge in [0.1, 0.15) is 23.0 Å². The first-order valence-electron chi connectivity index (χ1n) is 9.81. The van der Waals surface area contributed by atoms with Crippen LogP contribution in [0.5, 0.6) is 11.5 Å². The molecule has 0 bridgehead atoms. The van der Waals surface area contributed by atoms with Crippen molar-refractivity contribution < 1.29 is 30.7 Å². The van der Waals surface area contributed by atoms with Gasteiger partial charge in [0.15, 0.2) is 9.84 Å². The summed E-state index contributed by atoms with van der Waals surface area (Å²) in [6.07, 6.45) is -4.97. The zero-order valence-electron chi connectivity index (χ0n) is 18.4. The molecule has 1 heterocycles. The zero-order chi connectivity index (χ0) is 25.4. The molecule has 0 spiro atoms. The van der Waals surface area contributed by atoms with Gasteiger partial charge < -0.3 is 4.74 Å². The molecule has 0 saturated heterocycles. The van der Waals surface area contributed by atoms with Crippen molar-refractivity contribution >= 4 is 9.84 Å². The highest BCUT2D eigenvalue weighted by Gasteiger charge is 2.37. The molecule has 0 aliphatic heterocycles. The highest BCUT2D eigenvalue weighted by atomic mass is 32.2. The Morgan fingerprint density at radius 1 is 1.15 bits per heavy atom. The van der Waals surface area contributed by atoms with E-state index in [0.29, 0.717) is 27.3 Å². The number of rotatable bonds is 6. The molecule has 0 fully saturated rings. The first-order chi connectivity index (χ1) is 15.7. The number of hydrogen-bond donors (Lipinski definition) is 0. The zero-order valence-corrected chi connectivity index (χ0v) is 19.2. The maximum atomic E-state index is 13.9. The molecule has 0 saturated carbocycles. The second-order valence-corrected chi connectivity index (χ2v) is 9.55. The van der Waals surface area contributed by atoms with Crippen LogP contribution in [0.25, 0.3) is 11.3 Å². The first-order valence-corrected chi connectivity index (χ1v) is 11.5. The molecule has 0 aliphatic rings. The normalized spacial score (nSPS) is 12.0. The summed E-state index contributed by atoms with van der Waals surface area (Å²) in [4.78, 5) is 12.0. The van der Waals surface area contributed by atoms with Crippen LogP contribution in [0.15, 0.2) is 53.2 Å². The predicted octanol–water partition coefficient (Wildman–Crippen LogP) is 5.07. The fourth-order valence-corrected chi connectivity index (χ4v) is 4.23. The summed E-state index contributed by atoms with van der Waals surface area (Å²) in [5.41, 5.74) is -2.60. The van der Waals surface area contributed by atoms with Gasteiger partial charge in [-0.15, -0.1) is 0 Å². The van der Waals surface area contributed by atoms with E-state index in [4.69, 9.17) is 4.74 Å². The molecule has 0 amide bonds. The lowest BCUT2D eigenvalue weighted by Crippen LogP contribution is -2.24. The van der Waals surface area contributed by atoms with Gasteiger partial charge in [-0.25, -0.2) is 17.5 Å². The van der Waals surface area contributed by atoms with Crippen LogP contribution in [0.2, 0.25) is 0 Å². The summed E-state index contributed by atoms with van der Waals surface area (Å²) in [6.45, 7) is 6.36. The molecule has 3 aromatic rings. The molecule has 0 N–H and O–H groups in total. The van der Waals surface area contributed by atoms with E-state index in [9.17, 15) is 30.8 Å². The van der Waals surface area contributed by atoms with E-state index in [0.717, 1.165) is 0 Å². The maximum absolute atomic E-state index is 13.9. The van der Waals surface area contributed by atoms with Gasteiger partial charge in [-0.1, -0.05) is 18.7 Å². The lowest BCUT2D eigenvalue weighted by molar-refractivity contribution is -0.137. The number of aromatic nitrogens is 2. The average Bonchev–Trinajstić information content (AvgIpc) is 2.71. The molecule has 0 aliphatic carbocycles. The van der Waals surface area contributed by atoms with Crippen molar-refractivity contribution in [3.05, 3.63) is 86.8 Å². The largest absolute Gasteiger partial charge is 0.456 e. The van der Waals surface area contributed by atoms with Crippen LogP contribution in [0, 0.1) is 19.7 Å². The summed E-state index contributed by atoms with van der Waals surface area (Å²) in [7, 11) is -2.73. The molecular formula is C23H20F4N2O4S. The van der Waals surface area contributed by atoms with Crippen LogP contribution in [-0.2, 0) is 28.8 Å². The van der Waals surface area contributed by atoms with E-state index in [-0.39, 0.29) is 22.6 Å². The monoisotopic (exact) mass is 496 g/mol. The minimum atomic E-state index is -4.97. The van der Waals surface area contributed by atoms with Crippen molar-refractivity contribution in [3.63, 3.8) is 0 Å². The van der Waals surface area contributed by atoms with E-state index in [1.165, 1.54) is 37.4 Å². The standard InChI is InChI=1S/C23H20F4N2O4S/c1-5-34(31,32)12-15-7-6-8-18(33-22-13(2)9-16(24)10-14(22)3)20(15)21-17(23(25,26)27)11-19(30)29(4)28-21/h5-11H,1,12H2,2-4H3. The van der Waals surface area contributed by atoms with Crippen LogP contribution in [0.1, 0.15) is 22.3 Å². The van der Waals surface area contributed by atoms with Crippen LogP contribution in [0.3, 0.4) is 0 Å². The number of aryl methyl sites for hydroxylation is 3. The lowest BCUT2D eigenvalue weighted by Gasteiger charge is -2.20. The Balaban J connectivity index is 2.39. The van der Waals surface area contributed by atoms with Crippen molar-refractivity contribution in [1.29, 1.82) is 0 Å². The van der Waals surface area contributed by atoms with Crippen molar-refractivity contribution in [1.82, 2.24) is 9.78 Å². The quantitative estimate of drug-likeness (QED) is 0.445. The summed E-state index contributed by atoms with van der Waals surface area (Å²) in [5, 5.41) is 4.50. The van der Waals surface area contributed by atoms with Gasteiger partial charge in [0, 0.05) is 24.1 Å². The molecule has 34 heavy (non-hydrogen) atoms. The second kappa shape index (κ2) is 9.05. The predicted molar refractivity (Wildman–Crippen MR) is 119 cm³/mol. The molecular weight excluding hydrogens is 476 g/mol. The van der Waals surface area contributed by atoms with Crippen LogP contribution in [0.4, 0.5) is 17.6 Å². The number of hydrogen-bond acceptors (Lipinski definition) is 5. The Morgan fingerprint density at radius 3 is 2.32 bits per heavy atom. The maximum Gasteiger partial charge on any atom is 0.418 e. The highest BCUT2D eigenvalue weighted by Crippen LogP contribution is 2.43. The van der Waals surface area contributed by atoms with E-state index >= 15 is 0 Å². The third-order valence-electron chi connectivity index (χ3n) is 4.99. The van der Waals surface area contributed by atoms with E-state index in [1.807, 2.05) is 0 Å². The fourth-order valence-electron chi connectivity index (χ4n) is 3.43. The Bertz CT molecular complexity index is 1420. The smallest absolute Gasteiger partial charge is 0.418 e. The number of alkyl halides is 3. The number of nitrogens with zero attached hydrogens (tertiary/aromatic N) is 2. The first kappa shape index (κ1) is 25.2. The van der Waals surface area contributed by atoms with Crippen LogP contribution >= 0.6 is 0 Å². The van der Waals surface area contributed by atoms with Crippen molar-refractivity contribution in [2.24, 2.45) is 7.05 Å². The van der Waals surface area contributed by atoms with Crippen LogP contribution < -0.4 is 10.3 Å². The van der Waals surface area contributed by atoms with Crippen molar-refractivity contribution in [3.8, 4) is 22.8 Å². The topological polar surface area (TPSA) is 78.3 Å². The fraction of sp³-hybridized carbons (Fsp3) is 0.217. The number of sulfone groups is 1. The summed E-state index contributed by atoms with van der Waals surface area (Å²) in [6, 6.07) is 6.85. The SMILES string of the molecule is C=CS(=O)(=O)Cc1cccc(Oc2c(C)cc(F)cc2C)c1-c1nn(C)c(=O)cc1C(F)(F)F. The molecule has 11 heteroatoms. The van der Waals surface area contributed by atoms with Gasteiger partial charge in [-0.05, 0) is 48.7 Å². The highest BCUT2D eigenvalue weighted by molar-refractivity contribution is 7.93. The molecule has 0 unspecified atom stereocenters. The summed E-state index contributed by atoms with van der Waals surface area (Å²) >= 11 is 0. The van der Waals surface area contributed by atoms with Gasteiger partial charge in [0.25, 0.3) is 5.56 Å². The van der Waals surface area contributed by atoms with Crippen molar-refractivity contribution in [2.45, 2.75) is 25.8 Å². The molecule has 1 aromatic heterocycles.